The average Bonchev–Trinajstić information content (AvgIpc) is 2.39. The maximum Gasteiger partial charge on any atom is 0.306 e. The van der Waals surface area contributed by atoms with Crippen LogP contribution >= 0.6 is 0 Å². The summed E-state index contributed by atoms with van der Waals surface area (Å²) in [5.74, 6) is -1.49. The quantitative estimate of drug-likeness (QED) is 0.212. The Hall–Kier alpha value is -1.36. The molecule has 0 aliphatic carbocycles. The molecule has 134 valence electrons. The van der Waals surface area contributed by atoms with Crippen LogP contribution < -0.4 is 5.11 Å². The molecule has 0 aromatic rings. The number of ether oxygens (including phenoxy) is 1. The second-order valence-corrected chi connectivity index (χ2v) is 7.11. The van der Waals surface area contributed by atoms with Crippen LogP contribution in [0.4, 0.5) is 0 Å². The monoisotopic (exact) mass is 327 g/mol. The number of unbranched alkanes of at least 4 members (excludes halogenated alkanes) is 6. The fraction of sp³-hybridized carbons (Fsp3) is 0.778. The van der Waals surface area contributed by atoms with Gasteiger partial charge in [0.25, 0.3) is 0 Å². The first kappa shape index (κ1) is 21.6. The number of carboxylic acid groups (broad SMARTS) is 1. The first-order valence-electron chi connectivity index (χ1n) is 8.55. The highest BCUT2D eigenvalue weighted by Gasteiger charge is 2.22. The van der Waals surface area contributed by atoms with Gasteiger partial charge in [0.1, 0.15) is 6.54 Å². The molecule has 0 radical (unpaired) electrons. The van der Waals surface area contributed by atoms with Crippen LogP contribution in [0.5, 0.6) is 0 Å². The Kier molecular flexibility index (Phi) is 11.4. The molecular formula is C18H33NO4. The number of hydrogen-bond acceptors (Lipinski definition) is 4. The van der Waals surface area contributed by atoms with Crippen LogP contribution in [0.2, 0.25) is 0 Å². The minimum absolute atomic E-state index is 0.245. The Labute approximate surface area is 140 Å². The molecule has 0 spiro atoms. The third-order valence-electron chi connectivity index (χ3n) is 3.48. The summed E-state index contributed by atoms with van der Waals surface area (Å²) in [7, 11) is 5.80. The van der Waals surface area contributed by atoms with Gasteiger partial charge in [-0.2, -0.15) is 0 Å². The molecule has 0 aliphatic heterocycles. The number of carboxylic acids is 1. The Balaban J connectivity index is 3.90. The molecule has 0 bridgehead atoms. The number of quaternary nitrogens is 1. The van der Waals surface area contributed by atoms with Crippen molar-refractivity contribution in [2.75, 3.05) is 27.7 Å². The molecule has 0 aliphatic rings. The second kappa shape index (κ2) is 12.1. The molecule has 5 nitrogen and oxygen atoms in total. The lowest BCUT2D eigenvalue weighted by atomic mass is 10.1. The van der Waals surface area contributed by atoms with Crippen molar-refractivity contribution < 1.29 is 23.9 Å². The molecule has 1 unspecified atom stereocenters. The van der Waals surface area contributed by atoms with Crippen molar-refractivity contribution in [2.24, 2.45) is 0 Å². The van der Waals surface area contributed by atoms with Crippen LogP contribution in [0.25, 0.3) is 0 Å². The molecule has 5 heteroatoms. The van der Waals surface area contributed by atoms with E-state index < -0.39 is 12.1 Å². The number of aliphatic carboxylic acids is 1. The van der Waals surface area contributed by atoms with Crippen molar-refractivity contribution in [3.8, 4) is 0 Å². The minimum Gasteiger partial charge on any atom is -0.550 e. The molecule has 0 rings (SSSR count). The number of rotatable bonds is 14. The highest BCUT2D eigenvalue weighted by atomic mass is 16.5. The number of hydrogen-bond donors (Lipinski definition) is 0. The maximum atomic E-state index is 11.8. The van der Waals surface area contributed by atoms with Crippen molar-refractivity contribution in [3.05, 3.63) is 12.7 Å². The van der Waals surface area contributed by atoms with E-state index in [4.69, 9.17) is 4.74 Å². The summed E-state index contributed by atoms with van der Waals surface area (Å²) in [5, 5.41) is 10.8. The van der Waals surface area contributed by atoms with Gasteiger partial charge in [-0.1, -0.05) is 31.8 Å². The highest BCUT2D eigenvalue weighted by Crippen LogP contribution is 2.11. The number of carbonyl (C=O) groups is 2. The molecule has 23 heavy (non-hydrogen) atoms. The third kappa shape index (κ3) is 15.3. The summed E-state index contributed by atoms with van der Waals surface area (Å²) >= 11 is 0. The van der Waals surface area contributed by atoms with Crippen LogP contribution in [-0.2, 0) is 14.3 Å². The fourth-order valence-electron chi connectivity index (χ4n) is 2.45. The van der Waals surface area contributed by atoms with Gasteiger partial charge in [-0.15, -0.1) is 6.58 Å². The summed E-state index contributed by atoms with van der Waals surface area (Å²) < 4.78 is 5.85. The van der Waals surface area contributed by atoms with E-state index in [0.717, 1.165) is 25.7 Å². The molecule has 0 aromatic carbocycles. The number of allylic oxidation sites excluding steroid dienone is 1. The molecule has 0 fully saturated rings. The molecule has 0 saturated heterocycles. The van der Waals surface area contributed by atoms with Gasteiger partial charge in [-0.3, -0.25) is 4.79 Å². The number of carbonyl (C=O) groups excluding carboxylic acids is 2. The van der Waals surface area contributed by atoms with Gasteiger partial charge < -0.3 is 19.1 Å². The van der Waals surface area contributed by atoms with E-state index in [2.05, 4.69) is 6.58 Å². The first-order valence-corrected chi connectivity index (χ1v) is 8.55. The minimum atomic E-state index is -1.18. The lowest BCUT2D eigenvalue weighted by Crippen LogP contribution is -2.45. The lowest BCUT2D eigenvalue weighted by molar-refractivity contribution is -0.873. The van der Waals surface area contributed by atoms with E-state index in [-0.39, 0.29) is 12.4 Å². The Morgan fingerprint density at radius 1 is 1.09 bits per heavy atom. The maximum absolute atomic E-state index is 11.8. The normalized spacial score (nSPS) is 12.7. The van der Waals surface area contributed by atoms with Gasteiger partial charge in [-0.05, 0) is 19.3 Å². The van der Waals surface area contributed by atoms with Crippen molar-refractivity contribution >= 4 is 11.9 Å². The van der Waals surface area contributed by atoms with Gasteiger partial charge >= 0.3 is 5.97 Å². The van der Waals surface area contributed by atoms with Crippen molar-refractivity contribution in [1.82, 2.24) is 0 Å². The topological polar surface area (TPSA) is 66.4 Å². The molecule has 0 aromatic heterocycles. The standard InChI is InChI=1S/C18H33NO4/c1-5-6-7-8-9-10-11-12-13-18(22)23-16(14-17(20)21)15-19(2,3)4/h5,16H,1,6-15H2,2-4H3. The molecular weight excluding hydrogens is 294 g/mol. The van der Waals surface area contributed by atoms with Crippen molar-refractivity contribution in [1.29, 1.82) is 0 Å². The zero-order valence-corrected chi connectivity index (χ0v) is 15.0. The summed E-state index contributed by atoms with van der Waals surface area (Å²) in [6.07, 6.45) is 8.97. The Bertz CT molecular complexity index is 361. The first-order chi connectivity index (χ1) is 10.7. The van der Waals surface area contributed by atoms with E-state index >= 15 is 0 Å². The van der Waals surface area contributed by atoms with Crippen molar-refractivity contribution in [3.63, 3.8) is 0 Å². The predicted octanol–water partition coefficient (Wildman–Crippen LogP) is 2.05. The summed E-state index contributed by atoms with van der Waals surface area (Å²) in [5.41, 5.74) is 0. The van der Waals surface area contributed by atoms with Gasteiger partial charge in [0.15, 0.2) is 6.10 Å². The van der Waals surface area contributed by atoms with Crippen LogP contribution in [0.3, 0.4) is 0 Å². The Morgan fingerprint density at radius 3 is 2.17 bits per heavy atom. The van der Waals surface area contributed by atoms with Crippen LogP contribution in [0, 0.1) is 0 Å². The van der Waals surface area contributed by atoms with Gasteiger partial charge in [-0.25, -0.2) is 0 Å². The largest absolute Gasteiger partial charge is 0.550 e. The van der Waals surface area contributed by atoms with E-state index in [1.54, 1.807) is 0 Å². The zero-order valence-electron chi connectivity index (χ0n) is 15.0. The van der Waals surface area contributed by atoms with Crippen LogP contribution in [-0.4, -0.2) is 50.2 Å². The van der Waals surface area contributed by atoms with E-state index in [1.165, 1.54) is 19.3 Å². The fourth-order valence-corrected chi connectivity index (χ4v) is 2.45. The van der Waals surface area contributed by atoms with E-state index in [9.17, 15) is 14.7 Å². The molecule has 0 heterocycles. The number of nitrogens with zero attached hydrogens (tertiary/aromatic N) is 1. The molecule has 1 atom stereocenters. The second-order valence-electron chi connectivity index (χ2n) is 7.11. The smallest absolute Gasteiger partial charge is 0.306 e. The number of esters is 1. The molecule has 0 amide bonds. The number of likely N-dealkylation sites (N-methyl/N-ethyl adjacent to an activating group) is 1. The summed E-state index contributed by atoms with van der Waals surface area (Å²) in [6, 6.07) is 0. The Morgan fingerprint density at radius 2 is 1.65 bits per heavy atom. The van der Waals surface area contributed by atoms with Gasteiger partial charge in [0, 0.05) is 18.8 Å². The third-order valence-corrected chi connectivity index (χ3v) is 3.48. The summed E-state index contributed by atoms with van der Waals surface area (Å²) in [6.45, 7) is 4.16. The van der Waals surface area contributed by atoms with Crippen LogP contribution in [0.15, 0.2) is 12.7 Å². The SMILES string of the molecule is C=CCCCCCCCCC(=O)OC(CC(=O)[O-])C[N+](C)(C)C. The van der Waals surface area contributed by atoms with E-state index in [0.29, 0.717) is 17.4 Å². The van der Waals surface area contributed by atoms with Gasteiger partial charge in [0.05, 0.1) is 21.1 Å². The van der Waals surface area contributed by atoms with Gasteiger partial charge in [0.2, 0.25) is 0 Å². The molecule has 0 N–H and O–H groups in total. The average molecular weight is 327 g/mol. The van der Waals surface area contributed by atoms with Crippen LogP contribution in [0.1, 0.15) is 57.8 Å². The van der Waals surface area contributed by atoms with E-state index in [1.807, 2.05) is 27.2 Å². The van der Waals surface area contributed by atoms with Crippen molar-refractivity contribution in [2.45, 2.75) is 63.9 Å². The zero-order chi connectivity index (χ0) is 17.7. The predicted molar refractivity (Wildman–Crippen MR) is 89.5 cm³/mol. The highest BCUT2D eigenvalue weighted by molar-refractivity contribution is 5.70. The molecule has 0 saturated carbocycles. The summed E-state index contributed by atoms with van der Waals surface area (Å²) in [4.78, 5) is 22.6. The lowest BCUT2D eigenvalue weighted by Gasteiger charge is -2.29.